The fourth-order valence-corrected chi connectivity index (χ4v) is 1.29. The van der Waals surface area contributed by atoms with E-state index in [0.29, 0.717) is 0 Å². The topological polar surface area (TPSA) is 54.3 Å². The molecule has 4 nitrogen and oxygen atoms in total. The Hall–Kier alpha value is -2.01. The van der Waals surface area contributed by atoms with Crippen molar-refractivity contribution in [3.05, 3.63) is 24.0 Å². The zero-order valence-corrected chi connectivity index (χ0v) is 10.5. The van der Waals surface area contributed by atoms with Crippen LogP contribution >= 0.6 is 0 Å². The molecule has 0 bridgehead atoms. The zero-order valence-electron chi connectivity index (χ0n) is 10.5. The zero-order chi connectivity index (χ0) is 15.2. The van der Waals surface area contributed by atoms with Crippen molar-refractivity contribution in [3.8, 4) is 11.8 Å². The van der Waals surface area contributed by atoms with Crippen molar-refractivity contribution in [3.63, 3.8) is 0 Å². The molecule has 0 aliphatic carbocycles. The Bertz CT molecular complexity index is 485. The highest BCUT2D eigenvalue weighted by Gasteiger charge is 2.32. The van der Waals surface area contributed by atoms with Gasteiger partial charge >= 0.3 is 6.36 Å². The van der Waals surface area contributed by atoms with Gasteiger partial charge in [-0.05, 0) is 19.1 Å². The van der Waals surface area contributed by atoms with Crippen LogP contribution in [-0.2, 0) is 4.74 Å². The quantitative estimate of drug-likeness (QED) is 0.646. The van der Waals surface area contributed by atoms with Gasteiger partial charge < -0.3 is 14.8 Å². The normalized spacial score (nSPS) is 12.6. The molecule has 1 aromatic rings. The highest BCUT2D eigenvalue weighted by atomic mass is 19.4. The van der Waals surface area contributed by atoms with Gasteiger partial charge in [0.25, 0.3) is 0 Å². The molecule has 8 heteroatoms. The van der Waals surface area contributed by atoms with Gasteiger partial charge in [0.05, 0.1) is 12.7 Å². The summed E-state index contributed by atoms with van der Waals surface area (Å²) in [7, 11) is 0. The van der Waals surface area contributed by atoms with E-state index in [1.165, 1.54) is 6.07 Å². The maximum atomic E-state index is 13.3. The van der Waals surface area contributed by atoms with Crippen LogP contribution in [-0.4, -0.2) is 25.6 Å². The van der Waals surface area contributed by atoms with Crippen LogP contribution in [0.25, 0.3) is 0 Å². The predicted molar refractivity (Wildman–Crippen MR) is 62.6 cm³/mol. The maximum Gasteiger partial charge on any atom is 0.573 e. The first-order valence-corrected chi connectivity index (χ1v) is 5.62. The van der Waals surface area contributed by atoms with Gasteiger partial charge in [0.15, 0.2) is 11.6 Å². The molecule has 1 rings (SSSR count). The Kier molecular flexibility index (Phi) is 5.58. The van der Waals surface area contributed by atoms with Crippen LogP contribution in [0.1, 0.15) is 6.92 Å². The van der Waals surface area contributed by atoms with E-state index in [0.717, 1.165) is 12.1 Å². The molecule has 0 fully saturated rings. The molecule has 0 aliphatic rings. The summed E-state index contributed by atoms with van der Waals surface area (Å²) in [6.45, 7) is 2.06. The summed E-state index contributed by atoms with van der Waals surface area (Å²) in [6.07, 6.45) is -5.49. The van der Waals surface area contributed by atoms with Crippen molar-refractivity contribution in [2.75, 3.05) is 18.5 Å². The molecule has 0 aliphatic heterocycles. The van der Waals surface area contributed by atoms with Crippen molar-refractivity contribution in [1.29, 1.82) is 5.26 Å². The maximum absolute atomic E-state index is 13.3. The van der Waals surface area contributed by atoms with Gasteiger partial charge in [-0.1, -0.05) is 0 Å². The minimum atomic E-state index is -4.93. The Labute approximate surface area is 112 Å². The summed E-state index contributed by atoms with van der Waals surface area (Å²) >= 11 is 0. The molecule has 1 unspecified atom stereocenters. The first-order chi connectivity index (χ1) is 9.31. The van der Waals surface area contributed by atoms with E-state index in [-0.39, 0.29) is 18.8 Å². The number of benzene rings is 1. The summed E-state index contributed by atoms with van der Waals surface area (Å²) in [5.41, 5.74) is 0.283. The molecule has 0 aromatic heterocycles. The Morgan fingerprint density at radius 2 is 2.10 bits per heavy atom. The molecule has 0 radical (unpaired) electrons. The Morgan fingerprint density at radius 1 is 1.40 bits per heavy atom. The van der Waals surface area contributed by atoms with Crippen molar-refractivity contribution in [2.45, 2.75) is 19.4 Å². The third kappa shape index (κ3) is 5.75. The van der Waals surface area contributed by atoms with Crippen molar-refractivity contribution >= 4 is 5.69 Å². The minimum absolute atomic E-state index is 0.206. The highest BCUT2D eigenvalue weighted by molar-refractivity contribution is 5.47. The van der Waals surface area contributed by atoms with E-state index in [9.17, 15) is 17.6 Å². The number of halogens is 4. The molecule has 1 atom stereocenters. The van der Waals surface area contributed by atoms with Crippen molar-refractivity contribution in [1.82, 2.24) is 0 Å². The van der Waals surface area contributed by atoms with Crippen molar-refractivity contribution < 1.29 is 27.0 Å². The predicted octanol–water partition coefficient (Wildman–Crippen LogP) is 3.06. The van der Waals surface area contributed by atoms with E-state index in [1.807, 2.05) is 6.07 Å². The number of rotatable bonds is 6. The van der Waals surface area contributed by atoms with E-state index in [4.69, 9.17) is 10.00 Å². The molecule has 0 heterocycles. The second kappa shape index (κ2) is 6.96. The largest absolute Gasteiger partial charge is 0.573 e. The lowest BCUT2D eigenvalue weighted by atomic mass is 10.3. The molecule has 0 saturated carbocycles. The van der Waals surface area contributed by atoms with Crippen LogP contribution in [0.5, 0.6) is 5.75 Å². The van der Waals surface area contributed by atoms with E-state index in [2.05, 4.69) is 10.1 Å². The number of nitrogens with one attached hydrogen (secondary N) is 1. The SMILES string of the molecule is CC(C#N)OCCNc1ccc(OC(F)(F)F)c(F)c1. The molecule has 1 aromatic carbocycles. The Morgan fingerprint density at radius 3 is 2.65 bits per heavy atom. The molecule has 0 saturated heterocycles. The van der Waals surface area contributed by atoms with Gasteiger partial charge in [0, 0.05) is 18.3 Å². The molecule has 1 N–H and O–H groups in total. The smallest absolute Gasteiger partial charge is 0.403 e. The third-order valence-corrected chi connectivity index (χ3v) is 2.14. The van der Waals surface area contributed by atoms with Gasteiger partial charge in [-0.2, -0.15) is 5.26 Å². The number of ether oxygens (including phenoxy) is 2. The van der Waals surface area contributed by atoms with E-state index in [1.54, 1.807) is 6.92 Å². The van der Waals surface area contributed by atoms with Crippen LogP contribution in [0.4, 0.5) is 23.2 Å². The molecular weight excluding hydrogens is 280 g/mol. The standard InChI is InChI=1S/C12H12F4N2O2/c1-8(7-17)19-5-4-18-9-2-3-11(10(13)6-9)20-12(14,15)16/h2-3,6,8,18H,4-5H2,1H3. The first kappa shape index (κ1) is 16.0. The molecule has 20 heavy (non-hydrogen) atoms. The van der Waals surface area contributed by atoms with Gasteiger partial charge in [0.2, 0.25) is 0 Å². The minimum Gasteiger partial charge on any atom is -0.403 e. The van der Waals surface area contributed by atoms with Crippen LogP contribution in [0.3, 0.4) is 0 Å². The number of hydrogen-bond donors (Lipinski definition) is 1. The number of nitriles is 1. The van der Waals surface area contributed by atoms with Gasteiger partial charge in [-0.15, -0.1) is 13.2 Å². The lowest BCUT2D eigenvalue weighted by Gasteiger charge is -2.12. The second-order valence-corrected chi connectivity index (χ2v) is 3.76. The Balaban J connectivity index is 2.49. The lowest BCUT2D eigenvalue weighted by Crippen LogP contribution is -2.18. The third-order valence-electron chi connectivity index (χ3n) is 2.14. The average molecular weight is 292 g/mol. The van der Waals surface area contributed by atoms with Crippen LogP contribution in [0.15, 0.2) is 18.2 Å². The van der Waals surface area contributed by atoms with E-state index < -0.39 is 24.0 Å². The number of nitrogens with zero attached hydrogens (tertiary/aromatic N) is 1. The first-order valence-electron chi connectivity index (χ1n) is 5.62. The lowest BCUT2D eigenvalue weighted by molar-refractivity contribution is -0.275. The fraction of sp³-hybridized carbons (Fsp3) is 0.417. The molecular formula is C12H12F4N2O2. The van der Waals surface area contributed by atoms with Gasteiger partial charge in [-0.3, -0.25) is 0 Å². The summed E-state index contributed by atoms with van der Waals surface area (Å²) < 4.78 is 57.7. The molecule has 0 spiro atoms. The van der Waals surface area contributed by atoms with Crippen molar-refractivity contribution in [2.24, 2.45) is 0 Å². The number of alkyl halides is 3. The monoisotopic (exact) mass is 292 g/mol. The summed E-state index contributed by atoms with van der Waals surface area (Å²) in [6, 6.07) is 4.88. The fourth-order valence-electron chi connectivity index (χ4n) is 1.29. The summed E-state index contributed by atoms with van der Waals surface area (Å²) in [4.78, 5) is 0. The summed E-state index contributed by atoms with van der Waals surface area (Å²) in [5, 5.41) is 11.2. The highest BCUT2D eigenvalue weighted by Crippen LogP contribution is 2.27. The molecule has 110 valence electrons. The average Bonchev–Trinajstić information content (AvgIpc) is 2.36. The van der Waals surface area contributed by atoms with E-state index >= 15 is 0 Å². The van der Waals surface area contributed by atoms with Crippen LogP contribution in [0.2, 0.25) is 0 Å². The number of hydrogen-bond acceptors (Lipinski definition) is 4. The second-order valence-electron chi connectivity index (χ2n) is 3.76. The van der Waals surface area contributed by atoms with Gasteiger partial charge in [0.1, 0.15) is 6.10 Å². The number of anilines is 1. The summed E-state index contributed by atoms with van der Waals surface area (Å²) in [5.74, 6) is -2.02. The van der Waals surface area contributed by atoms with Crippen LogP contribution < -0.4 is 10.1 Å². The van der Waals surface area contributed by atoms with Crippen LogP contribution in [0, 0.1) is 17.1 Å². The molecule has 0 amide bonds. The van der Waals surface area contributed by atoms with Gasteiger partial charge in [-0.25, -0.2) is 4.39 Å².